The first kappa shape index (κ1) is 13.5. The number of nitrogens with one attached hydrogen (secondary N) is 1. The zero-order valence-electron chi connectivity index (χ0n) is 11.1. The summed E-state index contributed by atoms with van der Waals surface area (Å²) in [4.78, 5) is 12.5. The Morgan fingerprint density at radius 2 is 1.95 bits per heavy atom. The van der Waals surface area contributed by atoms with Crippen LogP contribution in [0.15, 0.2) is 30.9 Å². The third-order valence-corrected chi connectivity index (χ3v) is 2.72. The van der Waals surface area contributed by atoms with Crippen molar-refractivity contribution in [1.29, 1.82) is 0 Å². The molecular weight excluding hydrogens is 243 g/mol. The van der Waals surface area contributed by atoms with Gasteiger partial charge in [0.05, 0.1) is 12.2 Å². The van der Waals surface area contributed by atoms with Crippen LogP contribution in [0.5, 0.6) is 0 Å². The van der Waals surface area contributed by atoms with Crippen LogP contribution in [0.1, 0.15) is 36.3 Å². The largest absolute Gasteiger partial charge is 0.304 e. The molecule has 0 amide bonds. The summed E-state index contributed by atoms with van der Waals surface area (Å²) >= 11 is 0. The molecule has 0 spiro atoms. The third-order valence-electron chi connectivity index (χ3n) is 2.72. The van der Waals surface area contributed by atoms with Crippen LogP contribution in [0.3, 0.4) is 0 Å². The minimum Gasteiger partial charge on any atom is -0.304 e. The molecule has 0 bridgehead atoms. The van der Waals surface area contributed by atoms with Crippen LogP contribution >= 0.6 is 0 Å². The summed E-state index contributed by atoms with van der Waals surface area (Å²) in [6.07, 6.45) is 7.33. The lowest BCUT2D eigenvalue weighted by molar-refractivity contribution is 0.559. The van der Waals surface area contributed by atoms with Crippen LogP contribution in [0.2, 0.25) is 0 Å². The monoisotopic (exact) mass is 260 g/mol. The van der Waals surface area contributed by atoms with Crippen LogP contribution < -0.4 is 5.32 Å². The second-order valence-electron chi connectivity index (χ2n) is 4.44. The number of aromatic nitrogens is 3. The van der Waals surface area contributed by atoms with Crippen molar-refractivity contribution >= 4 is 0 Å². The molecule has 0 fully saturated rings. The maximum Gasteiger partial charge on any atom is 0.149 e. The molecule has 0 aliphatic carbocycles. The zero-order valence-corrected chi connectivity index (χ0v) is 11.1. The summed E-state index contributed by atoms with van der Waals surface area (Å²) in [6.45, 7) is 4.81. The van der Waals surface area contributed by atoms with Gasteiger partial charge in [0, 0.05) is 18.6 Å². The van der Waals surface area contributed by atoms with Gasteiger partial charge >= 0.3 is 0 Å². The highest BCUT2D eigenvalue weighted by Crippen LogP contribution is 2.18. The van der Waals surface area contributed by atoms with Gasteiger partial charge in [0.1, 0.15) is 11.6 Å². The maximum atomic E-state index is 13.3. The van der Waals surface area contributed by atoms with Crippen LogP contribution in [-0.2, 0) is 0 Å². The number of halogens is 1. The van der Waals surface area contributed by atoms with Crippen molar-refractivity contribution in [2.24, 2.45) is 0 Å². The molecule has 0 aliphatic heterocycles. The predicted molar refractivity (Wildman–Crippen MR) is 71.1 cm³/mol. The Balaban J connectivity index is 2.32. The predicted octanol–water partition coefficient (Wildman–Crippen LogP) is 2.41. The fourth-order valence-electron chi connectivity index (χ4n) is 1.78. The van der Waals surface area contributed by atoms with Crippen molar-refractivity contribution in [1.82, 2.24) is 20.3 Å². The van der Waals surface area contributed by atoms with E-state index in [9.17, 15) is 4.39 Å². The molecule has 0 aromatic carbocycles. The lowest BCUT2D eigenvalue weighted by Crippen LogP contribution is -2.25. The van der Waals surface area contributed by atoms with Crippen molar-refractivity contribution in [2.75, 3.05) is 6.54 Å². The average molecular weight is 260 g/mol. The van der Waals surface area contributed by atoms with Crippen LogP contribution in [0.25, 0.3) is 0 Å². The van der Waals surface area contributed by atoms with Crippen molar-refractivity contribution in [3.8, 4) is 0 Å². The molecule has 2 heterocycles. The van der Waals surface area contributed by atoms with Crippen molar-refractivity contribution in [2.45, 2.75) is 26.3 Å². The van der Waals surface area contributed by atoms with E-state index in [4.69, 9.17) is 0 Å². The molecule has 0 saturated carbocycles. The summed E-state index contributed by atoms with van der Waals surface area (Å²) in [5, 5.41) is 3.32. The molecule has 5 heteroatoms. The molecule has 100 valence electrons. The van der Waals surface area contributed by atoms with E-state index in [-0.39, 0.29) is 11.9 Å². The Bertz CT molecular complexity index is 527. The molecule has 19 heavy (non-hydrogen) atoms. The van der Waals surface area contributed by atoms with Gasteiger partial charge in [-0.1, -0.05) is 6.92 Å². The molecule has 1 N–H and O–H groups in total. The molecule has 4 nitrogen and oxygen atoms in total. The number of aryl methyl sites for hydroxylation is 1. The van der Waals surface area contributed by atoms with Gasteiger partial charge in [0.15, 0.2) is 0 Å². The Labute approximate surface area is 112 Å². The highest BCUT2D eigenvalue weighted by atomic mass is 19.1. The van der Waals surface area contributed by atoms with Crippen LogP contribution in [-0.4, -0.2) is 21.5 Å². The topological polar surface area (TPSA) is 50.7 Å². The Morgan fingerprint density at radius 1 is 1.21 bits per heavy atom. The molecule has 2 aromatic heterocycles. The molecule has 1 unspecified atom stereocenters. The maximum absolute atomic E-state index is 13.3. The molecule has 2 aromatic rings. The average Bonchev–Trinajstić information content (AvgIpc) is 2.41. The van der Waals surface area contributed by atoms with Gasteiger partial charge in [0.2, 0.25) is 0 Å². The van der Waals surface area contributed by atoms with Crippen LogP contribution in [0.4, 0.5) is 4.39 Å². The standard InChI is InChI=1S/C14H17FN4/c1-3-4-17-13(11-5-12(15)9-16-8-11)14-18-6-10(2)7-19-14/h5-9,13,17H,3-4H2,1-2H3. The minimum atomic E-state index is -0.354. The number of pyridine rings is 1. The van der Waals surface area contributed by atoms with Gasteiger partial charge in [-0.15, -0.1) is 0 Å². The van der Waals surface area contributed by atoms with E-state index in [1.165, 1.54) is 12.3 Å². The van der Waals surface area contributed by atoms with E-state index in [0.717, 1.165) is 24.1 Å². The SMILES string of the molecule is CCCNC(c1cncc(F)c1)c1ncc(C)cn1. The van der Waals surface area contributed by atoms with Crippen LogP contribution in [0, 0.1) is 12.7 Å². The van der Waals surface area contributed by atoms with E-state index >= 15 is 0 Å². The lowest BCUT2D eigenvalue weighted by atomic mass is 10.1. The van der Waals surface area contributed by atoms with E-state index in [1.54, 1.807) is 18.6 Å². The van der Waals surface area contributed by atoms with Crippen molar-refractivity contribution in [3.05, 3.63) is 53.6 Å². The van der Waals surface area contributed by atoms with Crippen molar-refractivity contribution < 1.29 is 4.39 Å². The second-order valence-corrected chi connectivity index (χ2v) is 4.44. The van der Waals surface area contributed by atoms with Gasteiger partial charge in [0.25, 0.3) is 0 Å². The lowest BCUT2D eigenvalue weighted by Gasteiger charge is -2.17. The summed E-state index contributed by atoms with van der Waals surface area (Å²) in [6, 6.07) is 1.23. The minimum absolute atomic E-state index is 0.233. The number of hydrogen-bond acceptors (Lipinski definition) is 4. The zero-order chi connectivity index (χ0) is 13.7. The molecular formula is C14H17FN4. The quantitative estimate of drug-likeness (QED) is 0.897. The highest BCUT2D eigenvalue weighted by molar-refractivity contribution is 5.22. The fraction of sp³-hybridized carbons (Fsp3) is 0.357. The van der Waals surface area contributed by atoms with E-state index in [1.807, 2.05) is 6.92 Å². The first-order valence-electron chi connectivity index (χ1n) is 6.33. The van der Waals surface area contributed by atoms with E-state index in [0.29, 0.717) is 5.82 Å². The van der Waals surface area contributed by atoms with Gasteiger partial charge in [-0.2, -0.15) is 0 Å². The first-order valence-corrected chi connectivity index (χ1v) is 6.33. The van der Waals surface area contributed by atoms with Crippen molar-refractivity contribution in [3.63, 3.8) is 0 Å². The number of hydrogen-bond donors (Lipinski definition) is 1. The number of nitrogens with zero attached hydrogens (tertiary/aromatic N) is 3. The first-order chi connectivity index (χ1) is 9.20. The Kier molecular flexibility index (Phi) is 4.52. The number of rotatable bonds is 5. The van der Waals surface area contributed by atoms with E-state index in [2.05, 4.69) is 27.2 Å². The Hall–Kier alpha value is -1.88. The summed E-state index contributed by atoms with van der Waals surface area (Å²) in [5.41, 5.74) is 1.73. The Morgan fingerprint density at radius 3 is 2.58 bits per heavy atom. The van der Waals surface area contributed by atoms with Gasteiger partial charge < -0.3 is 5.32 Å². The summed E-state index contributed by atoms with van der Waals surface area (Å²) in [5.74, 6) is 0.277. The molecule has 1 atom stereocenters. The molecule has 0 aliphatic rings. The fourth-order valence-corrected chi connectivity index (χ4v) is 1.78. The van der Waals surface area contributed by atoms with E-state index < -0.39 is 0 Å². The van der Waals surface area contributed by atoms with Gasteiger partial charge in [-0.3, -0.25) is 4.98 Å². The summed E-state index contributed by atoms with van der Waals surface area (Å²) < 4.78 is 13.3. The molecule has 0 radical (unpaired) electrons. The summed E-state index contributed by atoms with van der Waals surface area (Å²) in [7, 11) is 0. The second kappa shape index (κ2) is 6.33. The smallest absolute Gasteiger partial charge is 0.149 e. The van der Waals surface area contributed by atoms with Gasteiger partial charge in [-0.05, 0) is 37.1 Å². The normalized spacial score (nSPS) is 12.4. The third kappa shape index (κ3) is 3.54. The highest BCUT2D eigenvalue weighted by Gasteiger charge is 2.17. The molecule has 0 saturated heterocycles. The van der Waals surface area contributed by atoms with Gasteiger partial charge in [-0.25, -0.2) is 14.4 Å². The molecule has 2 rings (SSSR count).